The third-order valence-corrected chi connectivity index (χ3v) is 15.7. The molecule has 2 atom stereocenters. The van der Waals surface area contributed by atoms with Gasteiger partial charge in [0.25, 0.3) is 0 Å². The Balaban J connectivity index is 1.53. The van der Waals surface area contributed by atoms with Crippen molar-refractivity contribution < 1.29 is 0 Å². The molecule has 29 heavy (non-hydrogen) atoms. The van der Waals surface area contributed by atoms with Crippen molar-refractivity contribution in [2.75, 3.05) is 0 Å². The molecule has 0 aromatic heterocycles. The molecule has 1 saturated carbocycles. The van der Waals surface area contributed by atoms with Gasteiger partial charge in [-0.3, -0.25) is 0 Å². The van der Waals surface area contributed by atoms with E-state index >= 15 is 0 Å². The average Bonchev–Trinajstić information content (AvgIpc) is 3.10. The predicted octanol–water partition coefficient (Wildman–Crippen LogP) is 5.04. The zero-order valence-electron chi connectivity index (χ0n) is 17.7. The molecule has 3 aromatic rings. The van der Waals surface area contributed by atoms with Gasteiger partial charge < -0.3 is 0 Å². The molecule has 0 saturated heterocycles. The fourth-order valence-corrected chi connectivity index (χ4v) is 12.9. The number of benzene rings is 3. The molecule has 5 rings (SSSR count). The van der Waals surface area contributed by atoms with E-state index in [9.17, 15) is 0 Å². The molecule has 0 aliphatic heterocycles. The van der Waals surface area contributed by atoms with Crippen LogP contribution in [0, 0.1) is 16.7 Å². The summed E-state index contributed by atoms with van der Waals surface area (Å²) in [5.74, 6) is 0.738. The monoisotopic (exact) mass is 485 g/mol. The molecular formula is C28H29Sn. The molecule has 0 unspecified atom stereocenters. The van der Waals surface area contributed by atoms with Crippen LogP contribution >= 0.6 is 0 Å². The molecule has 2 aliphatic carbocycles. The van der Waals surface area contributed by atoms with Gasteiger partial charge in [0.05, 0.1) is 0 Å². The molecule has 1 radical (unpaired) electrons. The van der Waals surface area contributed by atoms with Crippen LogP contribution in [0.5, 0.6) is 0 Å². The first-order valence-corrected chi connectivity index (χ1v) is 15.1. The summed E-state index contributed by atoms with van der Waals surface area (Å²) in [6, 6.07) is 32.0. The minimum atomic E-state index is -2.15. The first-order valence-electron chi connectivity index (χ1n) is 10.8. The van der Waals surface area contributed by atoms with E-state index in [1.807, 2.05) is 0 Å². The Morgan fingerprint density at radius 2 is 1.21 bits per heavy atom. The maximum absolute atomic E-state index is 2.59. The molecule has 1 fully saturated rings. The molecule has 2 aliphatic rings. The number of hydrogen-bond acceptors (Lipinski definition) is 0. The molecule has 0 heterocycles. The van der Waals surface area contributed by atoms with E-state index < -0.39 is 19.8 Å². The number of hydrogen-bond donors (Lipinski definition) is 0. The van der Waals surface area contributed by atoms with Crippen molar-refractivity contribution in [3.05, 3.63) is 96.6 Å². The van der Waals surface area contributed by atoms with Gasteiger partial charge in [-0.2, -0.15) is 0 Å². The minimum absolute atomic E-state index is 0.319. The third kappa shape index (κ3) is 3.03. The van der Waals surface area contributed by atoms with Crippen molar-refractivity contribution in [3.8, 4) is 0 Å². The zero-order chi connectivity index (χ0) is 20.1. The van der Waals surface area contributed by atoms with Crippen LogP contribution < -0.4 is 10.7 Å². The number of rotatable bonds is 4. The maximum atomic E-state index is 2.59. The van der Waals surface area contributed by atoms with E-state index in [-0.39, 0.29) is 0 Å². The van der Waals surface area contributed by atoms with E-state index in [4.69, 9.17) is 0 Å². The third-order valence-electron chi connectivity index (χ3n) is 7.88. The molecule has 0 amide bonds. The van der Waals surface area contributed by atoms with Crippen LogP contribution in [0.1, 0.15) is 39.2 Å². The van der Waals surface area contributed by atoms with Crippen molar-refractivity contribution in [1.29, 1.82) is 0 Å². The van der Waals surface area contributed by atoms with Crippen molar-refractivity contribution in [1.82, 2.24) is 0 Å². The molecule has 2 bridgehead atoms. The summed E-state index contributed by atoms with van der Waals surface area (Å²) in [5, 5.41) is 0. The Morgan fingerprint density at radius 3 is 1.66 bits per heavy atom. The van der Waals surface area contributed by atoms with Gasteiger partial charge in [-0.1, -0.05) is 0 Å². The SMILES string of the molecule is CC1(C)[C@H]2C=C(c3cc[c]([Sn]([c]4ccccc4)[c]4ccccc4)cc3)[C@@]1(C)CC2. The quantitative estimate of drug-likeness (QED) is 0.456. The fourth-order valence-electron chi connectivity index (χ4n) is 5.64. The van der Waals surface area contributed by atoms with Crippen molar-refractivity contribution in [2.24, 2.45) is 16.7 Å². The molecule has 1 heteroatoms. The van der Waals surface area contributed by atoms with Gasteiger partial charge in [0.2, 0.25) is 0 Å². The topological polar surface area (TPSA) is 0 Å². The first-order chi connectivity index (χ1) is 14.0. The Bertz CT molecular complexity index is 991. The van der Waals surface area contributed by atoms with Crippen LogP contribution in [0.3, 0.4) is 0 Å². The van der Waals surface area contributed by atoms with Crippen LogP contribution in [0.15, 0.2) is 91.0 Å². The van der Waals surface area contributed by atoms with Crippen LogP contribution in [0.4, 0.5) is 0 Å². The first kappa shape index (κ1) is 19.2. The van der Waals surface area contributed by atoms with E-state index in [0.29, 0.717) is 10.8 Å². The summed E-state index contributed by atoms with van der Waals surface area (Å²) in [4.78, 5) is 0. The van der Waals surface area contributed by atoms with Crippen LogP contribution in [-0.4, -0.2) is 19.8 Å². The van der Waals surface area contributed by atoms with Gasteiger partial charge in [-0.25, -0.2) is 0 Å². The van der Waals surface area contributed by atoms with Crippen LogP contribution in [0.25, 0.3) is 5.57 Å². The summed E-state index contributed by atoms with van der Waals surface area (Å²) in [5.41, 5.74) is 3.74. The second-order valence-electron chi connectivity index (χ2n) is 9.46. The molecule has 0 spiro atoms. The number of allylic oxidation sites excluding steroid dienone is 2. The molecule has 3 aromatic carbocycles. The second-order valence-corrected chi connectivity index (χ2v) is 16.5. The Kier molecular flexibility index (Phi) is 4.74. The predicted molar refractivity (Wildman–Crippen MR) is 127 cm³/mol. The normalized spacial score (nSPS) is 24.7. The van der Waals surface area contributed by atoms with Crippen molar-refractivity contribution >= 4 is 36.1 Å². The summed E-state index contributed by atoms with van der Waals surface area (Å²) in [6.07, 6.45) is 5.27. The summed E-state index contributed by atoms with van der Waals surface area (Å²) < 4.78 is 4.64. The van der Waals surface area contributed by atoms with Crippen LogP contribution in [0.2, 0.25) is 0 Å². The molecule has 145 valence electrons. The summed E-state index contributed by atoms with van der Waals surface area (Å²) >= 11 is -2.15. The molecular weight excluding hydrogens is 455 g/mol. The summed E-state index contributed by atoms with van der Waals surface area (Å²) in [6.45, 7) is 7.44. The Morgan fingerprint density at radius 1 is 0.690 bits per heavy atom. The van der Waals surface area contributed by atoms with Gasteiger partial charge in [0.15, 0.2) is 0 Å². The van der Waals surface area contributed by atoms with Crippen molar-refractivity contribution in [3.63, 3.8) is 0 Å². The van der Waals surface area contributed by atoms with Gasteiger partial charge in [0.1, 0.15) is 0 Å². The van der Waals surface area contributed by atoms with Crippen LogP contribution in [-0.2, 0) is 0 Å². The van der Waals surface area contributed by atoms with Crippen molar-refractivity contribution in [2.45, 2.75) is 33.6 Å². The standard InChI is InChI=1S/C16H19.2C6H5.Sn/c1-15(2)13-9-10-16(15,3)14(11-13)12-7-5-4-6-8-12;2*1-2-4-6-5-3-1;/h5-8,11,13H,9-10H2,1-3H3;2*1-5H;/t13-,16-;;;/m1.../s1. The van der Waals surface area contributed by atoms with E-state index in [1.54, 1.807) is 16.3 Å². The number of fused-ring (bicyclic) bond motifs is 2. The van der Waals surface area contributed by atoms with E-state index in [2.05, 4.69) is 112 Å². The Labute approximate surface area is 182 Å². The molecule has 0 nitrogen and oxygen atoms in total. The van der Waals surface area contributed by atoms with E-state index in [0.717, 1.165) is 5.92 Å². The van der Waals surface area contributed by atoms with Gasteiger partial charge in [-0.15, -0.1) is 0 Å². The Hall–Kier alpha value is -1.80. The zero-order valence-corrected chi connectivity index (χ0v) is 20.5. The summed E-state index contributed by atoms with van der Waals surface area (Å²) in [7, 11) is 0. The van der Waals surface area contributed by atoms with Gasteiger partial charge in [0, 0.05) is 0 Å². The fraction of sp³-hybridized carbons (Fsp3) is 0.286. The average molecular weight is 484 g/mol. The van der Waals surface area contributed by atoms with Gasteiger partial charge >= 0.3 is 183 Å². The second kappa shape index (κ2) is 7.16. The van der Waals surface area contributed by atoms with E-state index in [1.165, 1.54) is 18.4 Å². The van der Waals surface area contributed by atoms with Gasteiger partial charge in [-0.05, 0) is 0 Å². The molecule has 0 N–H and O–H groups in total.